The van der Waals surface area contributed by atoms with Gasteiger partial charge in [0, 0.05) is 5.54 Å². The normalized spacial score (nSPS) is 12.8. The Morgan fingerprint density at radius 1 is 0.341 bits per heavy atom. The molecular formula is C40H83N. The molecule has 0 spiro atoms. The lowest BCUT2D eigenvalue weighted by molar-refractivity contribution is 0.142. The Hall–Kier alpha value is -0.0400. The van der Waals surface area contributed by atoms with Crippen molar-refractivity contribution >= 4 is 0 Å². The summed E-state index contributed by atoms with van der Waals surface area (Å²) in [6, 6.07) is 0. The average Bonchev–Trinajstić information content (AvgIpc) is 2.98. The van der Waals surface area contributed by atoms with Gasteiger partial charge in [0.1, 0.15) is 0 Å². The first-order valence-corrected chi connectivity index (χ1v) is 20.0. The SMILES string of the molecule is CCCCCCCCCCNC(CCCCCCCC)(CCCCCCCC)C(CCCC)CCCCCCCC. The fraction of sp³-hybridized carbons (Fsp3) is 1.00. The third kappa shape index (κ3) is 25.0. The lowest BCUT2D eigenvalue weighted by Crippen LogP contribution is -2.52. The molecule has 1 N–H and O–H groups in total. The van der Waals surface area contributed by atoms with E-state index in [9.17, 15) is 0 Å². The molecule has 0 rings (SSSR count). The molecule has 0 fully saturated rings. The molecule has 0 heterocycles. The Morgan fingerprint density at radius 2 is 0.659 bits per heavy atom. The fourth-order valence-electron chi connectivity index (χ4n) is 7.21. The van der Waals surface area contributed by atoms with E-state index in [4.69, 9.17) is 0 Å². The van der Waals surface area contributed by atoms with E-state index in [2.05, 4.69) is 39.9 Å². The third-order valence-electron chi connectivity index (χ3n) is 10.1. The summed E-state index contributed by atoms with van der Waals surface area (Å²) in [5.41, 5.74) is 0.398. The lowest BCUT2D eigenvalue weighted by Gasteiger charge is -2.43. The van der Waals surface area contributed by atoms with Crippen molar-refractivity contribution in [2.75, 3.05) is 6.54 Å². The van der Waals surface area contributed by atoms with Crippen molar-refractivity contribution in [3.63, 3.8) is 0 Å². The molecule has 1 nitrogen and oxygen atoms in total. The molecular weight excluding hydrogens is 494 g/mol. The highest BCUT2D eigenvalue weighted by Gasteiger charge is 2.36. The summed E-state index contributed by atoms with van der Waals surface area (Å²) in [4.78, 5) is 0. The monoisotopic (exact) mass is 578 g/mol. The molecule has 0 aromatic heterocycles. The molecule has 0 saturated carbocycles. The first-order valence-electron chi connectivity index (χ1n) is 20.0. The van der Waals surface area contributed by atoms with Crippen LogP contribution < -0.4 is 5.32 Å². The van der Waals surface area contributed by atoms with Gasteiger partial charge in [0.05, 0.1) is 0 Å². The molecule has 0 radical (unpaired) electrons. The summed E-state index contributed by atoms with van der Waals surface area (Å²) < 4.78 is 0. The number of unbranched alkanes of at least 4 members (excludes halogenated alkanes) is 23. The van der Waals surface area contributed by atoms with E-state index in [0.717, 1.165) is 5.92 Å². The maximum absolute atomic E-state index is 4.42. The maximum atomic E-state index is 4.42. The van der Waals surface area contributed by atoms with E-state index in [1.165, 1.54) is 212 Å². The fourth-order valence-corrected chi connectivity index (χ4v) is 7.21. The smallest absolute Gasteiger partial charge is 0.0209 e. The van der Waals surface area contributed by atoms with Crippen molar-refractivity contribution in [2.24, 2.45) is 5.92 Å². The van der Waals surface area contributed by atoms with Gasteiger partial charge in [-0.1, -0.05) is 208 Å². The topological polar surface area (TPSA) is 12.0 Å². The van der Waals surface area contributed by atoms with Gasteiger partial charge < -0.3 is 5.32 Å². The Balaban J connectivity index is 5.37. The summed E-state index contributed by atoms with van der Waals surface area (Å²) in [7, 11) is 0. The predicted molar refractivity (Wildman–Crippen MR) is 190 cm³/mol. The van der Waals surface area contributed by atoms with Gasteiger partial charge in [-0.3, -0.25) is 0 Å². The van der Waals surface area contributed by atoms with Crippen molar-refractivity contribution in [3.05, 3.63) is 0 Å². The van der Waals surface area contributed by atoms with Gasteiger partial charge in [0.25, 0.3) is 0 Å². The molecule has 1 atom stereocenters. The van der Waals surface area contributed by atoms with E-state index < -0.39 is 0 Å². The summed E-state index contributed by atoms with van der Waals surface area (Å²) in [6.07, 6.45) is 45.8. The van der Waals surface area contributed by atoms with Crippen molar-refractivity contribution < 1.29 is 0 Å². The van der Waals surface area contributed by atoms with Gasteiger partial charge in [-0.15, -0.1) is 0 Å². The molecule has 248 valence electrons. The van der Waals surface area contributed by atoms with E-state index in [-0.39, 0.29) is 0 Å². The lowest BCUT2D eigenvalue weighted by atomic mass is 9.71. The number of nitrogens with one attached hydrogen (secondary N) is 1. The van der Waals surface area contributed by atoms with Gasteiger partial charge >= 0.3 is 0 Å². The number of hydrogen-bond donors (Lipinski definition) is 1. The van der Waals surface area contributed by atoms with Gasteiger partial charge in [0.2, 0.25) is 0 Å². The highest BCUT2D eigenvalue weighted by Crippen LogP contribution is 2.37. The van der Waals surface area contributed by atoms with Crippen LogP contribution in [0.4, 0.5) is 0 Å². The molecule has 0 amide bonds. The van der Waals surface area contributed by atoms with E-state index in [0.29, 0.717) is 5.54 Å². The Morgan fingerprint density at radius 3 is 1.07 bits per heavy atom. The predicted octanol–water partition coefficient (Wildman–Crippen LogP) is 14.5. The van der Waals surface area contributed by atoms with Crippen LogP contribution in [0.3, 0.4) is 0 Å². The van der Waals surface area contributed by atoms with Gasteiger partial charge in [-0.2, -0.15) is 0 Å². The zero-order valence-electron chi connectivity index (χ0n) is 29.9. The Bertz CT molecular complexity index is 455. The second-order valence-corrected chi connectivity index (χ2v) is 14.0. The van der Waals surface area contributed by atoms with Gasteiger partial charge in [0.15, 0.2) is 0 Å². The van der Waals surface area contributed by atoms with Gasteiger partial charge in [-0.25, -0.2) is 0 Å². The standard InChI is InChI=1S/C40H83N/c1-6-11-16-20-24-25-29-33-38-41-40(36-31-27-22-18-13-8-3,37-32-28-23-19-14-9-4)39(34-15-10-5)35-30-26-21-17-12-7-2/h39,41H,6-38H2,1-5H3. The van der Waals surface area contributed by atoms with Crippen molar-refractivity contribution in [3.8, 4) is 0 Å². The molecule has 0 aliphatic heterocycles. The van der Waals surface area contributed by atoms with Crippen LogP contribution in [0.1, 0.15) is 240 Å². The molecule has 0 saturated heterocycles. The number of rotatable bonds is 35. The van der Waals surface area contributed by atoms with Gasteiger partial charge in [-0.05, 0) is 44.6 Å². The Kier molecular flexibility index (Phi) is 32.8. The molecule has 1 unspecified atom stereocenters. The van der Waals surface area contributed by atoms with Crippen molar-refractivity contribution in [1.29, 1.82) is 0 Å². The van der Waals surface area contributed by atoms with E-state index in [1.54, 1.807) is 0 Å². The quantitative estimate of drug-likeness (QED) is 0.0738. The molecule has 0 bridgehead atoms. The van der Waals surface area contributed by atoms with Crippen LogP contribution >= 0.6 is 0 Å². The minimum atomic E-state index is 0.398. The second kappa shape index (κ2) is 32.9. The minimum Gasteiger partial charge on any atom is -0.311 e. The highest BCUT2D eigenvalue weighted by molar-refractivity contribution is 4.94. The molecule has 0 aromatic carbocycles. The van der Waals surface area contributed by atoms with Crippen LogP contribution in [-0.4, -0.2) is 12.1 Å². The van der Waals surface area contributed by atoms with Crippen LogP contribution in [0, 0.1) is 5.92 Å². The molecule has 41 heavy (non-hydrogen) atoms. The first-order chi connectivity index (χ1) is 20.2. The van der Waals surface area contributed by atoms with Crippen molar-refractivity contribution in [1.82, 2.24) is 5.32 Å². The molecule has 0 aliphatic carbocycles. The summed E-state index contributed by atoms with van der Waals surface area (Å²) >= 11 is 0. The summed E-state index contributed by atoms with van der Waals surface area (Å²) in [5.74, 6) is 0.883. The van der Waals surface area contributed by atoms with Crippen molar-refractivity contribution in [2.45, 2.75) is 246 Å². The average molecular weight is 578 g/mol. The molecule has 0 aromatic rings. The largest absolute Gasteiger partial charge is 0.311 e. The molecule has 1 heteroatoms. The first kappa shape index (κ1) is 41.0. The van der Waals surface area contributed by atoms with Crippen LogP contribution in [0.2, 0.25) is 0 Å². The van der Waals surface area contributed by atoms with E-state index in [1.807, 2.05) is 0 Å². The summed E-state index contributed by atoms with van der Waals surface area (Å²) in [5, 5.41) is 4.42. The zero-order chi connectivity index (χ0) is 30.1. The zero-order valence-corrected chi connectivity index (χ0v) is 29.9. The van der Waals surface area contributed by atoms with Crippen LogP contribution in [0.15, 0.2) is 0 Å². The third-order valence-corrected chi connectivity index (χ3v) is 10.1. The summed E-state index contributed by atoms with van der Waals surface area (Å²) in [6.45, 7) is 13.0. The maximum Gasteiger partial charge on any atom is 0.0209 e. The minimum absolute atomic E-state index is 0.398. The highest BCUT2D eigenvalue weighted by atomic mass is 15.0. The van der Waals surface area contributed by atoms with E-state index >= 15 is 0 Å². The van der Waals surface area contributed by atoms with Crippen LogP contribution in [0.5, 0.6) is 0 Å². The molecule has 0 aliphatic rings. The van der Waals surface area contributed by atoms with Crippen LogP contribution in [-0.2, 0) is 0 Å². The Labute approximate surface area is 263 Å². The second-order valence-electron chi connectivity index (χ2n) is 14.0. The van der Waals surface area contributed by atoms with Crippen LogP contribution in [0.25, 0.3) is 0 Å². The number of hydrogen-bond acceptors (Lipinski definition) is 1.